The Morgan fingerprint density at radius 2 is 1.97 bits per heavy atom. The Bertz CT molecular complexity index is 1090. The van der Waals surface area contributed by atoms with Crippen molar-refractivity contribution in [3.05, 3.63) is 100 Å². The summed E-state index contributed by atoms with van der Waals surface area (Å²) >= 11 is 6.03. The highest BCUT2D eigenvalue weighted by molar-refractivity contribution is 6.30. The van der Waals surface area contributed by atoms with Crippen molar-refractivity contribution in [1.82, 2.24) is 9.88 Å². The summed E-state index contributed by atoms with van der Waals surface area (Å²) in [6, 6.07) is 12.3. The predicted octanol–water partition coefficient (Wildman–Crippen LogP) is 5.52. The number of hydrogen-bond donors (Lipinski definition) is 1. The number of pyridine rings is 1. The number of likely N-dealkylation sites (tertiary alicyclic amines) is 1. The van der Waals surface area contributed by atoms with E-state index in [1.807, 2.05) is 42.5 Å². The smallest absolute Gasteiger partial charge is 0.227 e. The molecule has 3 heterocycles. The van der Waals surface area contributed by atoms with E-state index in [1.165, 1.54) is 18.4 Å². The van der Waals surface area contributed by atoms with Gasteiger partial charge in [-0.15, -0.1) is 0 Å². The first-order valence-electron chi connectivity index (χ1n) is 11.3. The van der Waals surface area contributed by atoms with E-state index in [1.54, 1.807) is 12.3 Å². The third-order valence-electron chi connectivity index (χ3n) is 6.48. The molecule has 1 saturated heterocycles. The first-order valence-corrected chi connectivity index (χ1v) is 11.6. The molecular formula is C27H27ClN2O2. The molecule has 1 aliphatic carbocycles. The molecule has 0 spiro atoms. The number of benzene rings is 1. The number of halogens is 1. The molecule has 1 atom stereocenters. The summed E-state index contributed by atoms with van der Waals surface area (Å²) < 4.78 is 6.03. The molecule has 2 aromatic rings. The topological polar surface area (TPSA) is 45.6 Å². The van der Waals surface area contributed by atoms with Crippen LogP contribution >= 0.6 is 11.6 Å². The zero-order valence-electron chi connectivity index (χ0n) is 18.0. The maximum atomic E-state index is 10.5. The minimum atomic E-state index is -0.667. The maximum Gasteiger partial charge on any atom is 0.227 e. The highest BCUT2D eigenvalue weighted by Crippen LogP contribution is 2.36. The molecule has 0 bridgehead atoms. The number of aliphatic hydroxyl groups excluding tert-OH is 1. The van der Waals surface area contributed by atoms with Gasteiger partial charge in [0.15, 0.2) is 0 Å². The van der Waals surface area contributed by atoms with Crippen molar-refractivity contribution in [2.75, 3.05) is 19.6 Å². The molecule has 0 saturated carbocycles. The molecule has 1 aromatic heterocycles. The first kappa shape index (κ1) is 21.2. The lowest BCUT2D eigenvalue weighted by atomic mass is 9.89. The molecule has 164 valence electrons. The Morgan fingerprint density at radius 1 is 1.16 bits per heavy atom. The minimum Gasteiger partial charge on any atom is -0.438 e. The van der Waals surface area contributed by atoms with Gasteiger partial charge in [-0.2, -0.15) is 0 Å². The Morgan fingerprint density at radius 3 is 2.78 bits per heavy atom. The number of fused-ring (bicyclic) bond motifs is 2. The van der Waals surface area contributed by atoms with Gasteiger partial charge in [0.05, 0.1) is 0 Å². The second-order valence-corrected chi connectivity index (χ2v) is 8.97. The summed E-state index contributed by atoms with van der Waals surface area (Å²) in [6.45, 7) is 3.23. The van der Waals surface area contributed by atoms with E-state index in [2.05, 4.69) is 28.1 Å². The highest BCUT2D eigenvalue weighted by atomic mass is 35.5. The monoisotopic (exact) mass is 446 g/mol. The third-order valence-corrected chi connectivity index (χ3v) is 6.73. The van der Waals surface area contributed by atoms with Crippen LogP contribution in [0.5, 0.6) is 5.88 Å². The molecule has 5 heteroatoms. The van der Waals surface area contributed by atoms with Crippen molar-refractivity contribution in [3.8, 4) is 5.88 Å². The average molecular weight is 447 g/mol. The lowest BCUT2D eigenvalue weighted by molar-refractivity contribution is 0.216. The van der Waals surface area contributed by atoms with Gasteiger partial charge in [0.25, 0.3) is 0 Å². The summed E-state index contributed by atoms with van der Waals surface area (Å²) in [6.07, 6.45) is 14.1. The number of allylic oxidation sites excluding steroid dienone is 4. The molecule has 2 aliphatic heterocycles. The third kappa shape index (κ3) is 4.58. The van der Waals surface area contributed by atoms with Crippen LogP contribution in [-0.2, 0) is 0 Å². The maximum absolute atomic E-state index is 10.5. The minimum absolute atomic E-state index is 0.586. The van der Waals surface area contributed by atoms with Crippen molar-refractivity contribution < 1.29 is 9.84 Å². The number of piperidine rings is 1. The number of nitrogens with zero attached hydrogens (tertiary/aromatic N) is 2. The van der Waals surface area contributed by atoms with Crippen LogP contribution < -0.4 is 4.74 Å². The van der Waals surface area contributed by atoms with E-state index < -0.39 is 6.10 Å². The summed E-state index contributed by atoms with van der Waals surface area (Å²) in [5.41, 5.74) is 4.19. The SMILES string of the molecule is OC1C=CC=C2Oc3ncccc3C(=CCCN3CCC(c4ccc(Cl)cc4)CC3)C=C21. The van der Waals surface area contributed by atoms with Gasteiger partial charge < -0.3 is 14.7 Å². The zero-order chi connectivity index (χ0) is 21.9. The Hall–Kier alpha value is -2.66. The summed E-state index contributed by atoms with van der Waals surface area (Å²) in [5.74, 6) is 1.87. The molecule has 32 heavy (non-hydrogen) atoms. The number of rotatable bonds is 4. The fourth-order valence-electron chi connectivity index (χ4n) is 4.68. The van der Waals surface area contributed by atoms with Gasteiger partial charge in [-0.1, -0.05) is 42.0 Å². The molecule has 0 amide bonds. The number of aromatic nitrogens is 1. The van der Waals surface area contributed by atoms with Crippen LogP contribution in [0.1, 0.15) is 36.3 Å². The van der Waals surface area contributed by atoms with E-state index in [4.69, 9.17) is 16.3 Å². The van der Waals surface area contributed by atoms with E-state index in [0.29, 0.717) is 17.6 Å². The van der Waals surface area contributed by atoms with Crippen molar-refractivity contribution >= 4 is 17.2 Å². The summed E-state index contributed by atoms with van der Waals surface area (Å²) in [4.78, 5) is 6.96. The van der Waals surface area contributed by atoms with Crippen molar-refractivity contribution in [2.24, 2.45) is 0 Å². The average Bonchev–Trinajstić information content (AvgIpc) is 2.98. The van der Waals surface area contributed by atoms with Crippen molar-refractivity contribution in [3.63, 3.8) is 0 Å². The van der Waals surface area contributed by atoms with Gasteiger partial charge in [0.1, 0.15) is 11.9 Å². The molecule has 0 radical (unpaired) electrons. The van der Waals surface area contributed by atoms with E-state index in [-0.39, 0.29) is 0 Å². The van der Waals surface area contributed by atoms with Gasteiger partial charge in [-0.25, -0.2) is 4.98 Å². The molecule has 3 aliphatic rings. The second-order valence-electron chi connectivity index (χ2n) is 8.53. The van der Waals surface area contributed by atoms with E-state index in [9.17, 15) is 5.11 Å². The Labute approximate surface area is 194 Å². The molecule has 1 N–H and O–H groups in total. The van der Waals surface area contributed by atoms with Crippen LogP contribution in [0.3, 0.4) is 0 Å². The lowest BCUT2D eigenvalue weighted by Gasteiger charge is -2.32. The van der Waals surface area contributed by atoms with E-state index >= 15 is 0 Å². The molecule has 4 nitrogen and oxygen atoms in total. The Kier molecular flexibility index (Phi) is 6.26. The largest absolute Gasteiger partial charge is 0.438 e. The van der Waals surface area contributed by atoms with Crippen molar-refractivity contribution in [1.29, 1.82) is 0 Å². The van der Waals surface area contributed by atoms with Gasteiger partial charge >= 0.3 is 0 Å². The van der Waals surface area contributed by atoms with E-state index in [0.717, 1.165) is 47.8 Å². The summed E-state index contributed by atoms with van der Waals surface area (Å²) in [5, 5.41) is 11.3. The molecular weight excluding hydrogens is 420 g/mol. The first-order chi connectivity index (χ1) is 15.7. The summed E-state index contributed by atoms with van der Waals surface area (Å²) in [7, 11) is 0. The van der Waals surface area contributed by atoms with Crippen LogP contribution in [-0.4, -0.2) is 40.7 Å². The Balaban J connectivity index is 1.26. The normalized spacial score (nSPS) is 22.4. The number of hydrogen-bond acceptors (Lipinski definition) is 4. The number of aliphatic hydroxyl groups is 1. The van der Waals surface area contributed by atoms with Crippen LogP contribution in [0.25, 0.3) is 5.57 Å². The van der Waals surface area contributed by atoms with Crippen LogP contribution in [0, 0.1) is 0 Å². The fourth-order valence-corrected chi connectivity index (χ4v) is 4.81. The molecule has 1 unspecified atom stereocenters. The second kappa shape index (κ2) is 9.45. The molecule has 5 rings (SSSR count). The molecule has 1 fully saturated rings. The van der Waals surface area contributed by atoms with Crippen LogP contribution in [0.4, 0.5) is 0 Å². The zero-order valence-corrected chi connectivity index (χ0v) is 18.7. The van der Waals surface area contributed by atoms with Gasteiger partial charge in [-0.3, -0.25) is 0 Å². The quantitative estimate of drug-likeness (QED) is 0.671. The standard InChI is InChI=1S/C27H27ClN2O2/c28-22-10-8-19(9-11-22)20-12-16-30(17-13-20)15-3-4-21-18-24-25(31)6-1-7-26(24)32-27-23(21)5-2-14-29-27/h1-2,4-11,14,18,20,25,31H,3,12-13,15-17H2. The van der Waals surface area contributed by atoms with Crippen LogP contribution in [0.2, 0.25) is 5.02 Å². The molecule has 1 aromatic carbocycles. The van der Waals surface area contributed by atoms with Gasteiger partial charge in [-0.05, 0) is 85.8 Å². The van der Waals surface area contributed by atoms with Gasteiger partial charge in [0, 0.05) is 28.9 Å². The van der Waals surface area contributed by atoms with Crippen molar-refractivity contribution in [2.45, 2.75) is 31.3 Å². The number of ether oxygens (including phenoxy) is 1. The highest BCUT2D eigenvalue weighted by Gasteiger charge is 2.24. The fraction of sp³-hybridized carbons (Fsp3) is 0.296. The predicted molar refractivity (Wildman–Crippen MR) is 129 cm³/mol. The van der Waals surface area contributed by atoms with Gasteiger partial charge in [0.2, 0.25) is 5.88 Å². The lowest BCUT2D eigenvalue weighted by Crippen LogP contribution is -2.33. The van der Waals surface area contributed by atoms with Crippen LogP contribution in [0.15, 0.2) is 84.3 Å².